The van der Waals surface area contributed by atoms with E-state index in [1.807, 2.05) is 11.3 Å². The zero-order valence-corrected chi connectivity index (χ0v) is 15.9. The minimum Gasteiger partial charge on any atom is -0.344 e. The molecule has 2 saturated carbocycles. The van der Waals surface area contributed by atoms with Crippen molar-refractivity contribution >= 4 is 17.0 Å². The summed E-state index contributed by atoms with van der Waals surface area (Å²) in [6.45, 7) is 8.77. The SMILES string of the molecule is Cc1sc(C#CC(C)(C)C)cc1N(C=C1CC1)C1CCCCC1. The Bertz CT molecular complexity index is 636. The Hall–Kier alpha value is -1.20. The molecule has 3 rings (SSSR count). The fourth-order valence-electron chi connectivity index (χ4n) is 3.17. The third kappa shape index (κ3) is 4.64. The largest absolute Gasteiger partial charge is 0.344 e. The van der Waals surface area contributed by atoms with E-state index in [1.54, 1.807) is 5.57 Å². The van der Waals surface area contributed by atoms with Crippen LogP contribution >= 0.6 is 11.3 Å². The second-order valence-electron chi connectivity index (χ2n) is 8.04. The lowest BCUT2D eigenvalue weighted by molar-refractivity contribution is 0.434. The molecule has 1 heterocycles. The Morgan fingerprint density at radius 2 is 1.87 bits per heavy atom. The third-order valence-electron chi connectivity index (χ3n) is 4.56. The fourth-order valence-corrected chi connectivity index (χ4v) is 4.04. The number of hydrogen-bond donors (Lipinski definition) is 0. The van der Waals surface area contributed by atoms with Gasteiger partial charge in [0.25, 0.3) is 0 Å². The van der Waals surface area contributed by atoms with Crippen LogP contribution in [-0.4, -0.2) is 6.04 Å². The molecular formula is C21H29NS. The van der Waals surface area contributed by atoms with Gasteiger partial charge < -0.3 is 4.90 Å². The predicted octanol–water partition coefficient (Wildman–Crippen LogP) is 6.27. The molecule has 124 valence electrons. The van der Waals surface area contributed by atoms with Crippen LogP contribution in [0.5, 0.6) is 0 Å². The highest BCUT2D eigenvalue weighted by Crippen LogP contribution is 2.37. The highest BCUT2D eigenvalue weighted by Gasteiger charge is 2.24. The zero-order chi connectivity index (χ0) is 16.4. The van der Waals surface area contributed by atoms with Crippen molar-refractivity contribution in [3.05, 3.63) is 27.6 Å². The third-order valence-corrected chi connectivity index (χ3v) is 5.51. The normalized spacial score (nSPS) is 18.3. The molecule has 2 aliphatic carbocycles. The van der Waals surface area contributed by atoms with Crippen LogP contribution in [0.25, 0.3) is 0 Å². The van der Waals surface area contributed by atoms with E-state index in [0.29, 0.717) is 6.04 Å². The molecule has 0 aromatic carbocycles. The fraction of sp³-hybridized carbons (Fsp3) is 0.619. The first-order valence-corrected chi connectivity index (χ1v) is 9.85. The lowest BCUT2D eigenvalue weighted by Crippen LogP contribution is -2.32. The van der Waals surface area contributed by atoms with Gasteiger partial charge >= 0.3 is 0 Å². The standard InChI is InChI=1S/C21H29NS/c1-16-20(14-19(23-16)12-13-21(2,3)4)22(15-17-10-11-17)18-8-6-5-7-9-18/h14-15,18H,5-11H2,1-4H3. The molecule has 1 aromatic rings. The molecule has 2 aliphatic rings. The summed E-state index contributed by atoms with van der Waals surface area (Å²) in [6.07, 6.45) is 11.9. The van der Waals surface area contributed by atoms with E-state index in [0.717, 1.165) is 0 Å². The molecule has 0 aliphatic heterocycles. The molecule has 0 saturated heterocycles. The Kier molecular flexibility index (Phi) is 4.87. The summed E-state index contributed by atoms with van der Waals surface area (Å²) in [4.78, 5) is 5.21. The van der Waals surface area contributed by atoms with Gasteiger partial charge in [-0.3, -0.25) is 0 Å². The van der Waals surface area contributed by atoms with E-state index < -0.39 is 0 Å². The lowest BCUT2D eigenvalue weighted by atomic mass is 9.94. The van der Waals surface area contributed by atoms with Gasteiger partial charge in [-0.15, -0.1) is 11.3 Å². The van der Waals surface area contributed by atoms with Crippen LogP contribution < -0.4 is 4.90 Å². The summed E-state index contributed by atoms with van der Waals surface area (Å²) in [5.41, 5.74) is 3.08. The monoisotopic (exact) mass is 327 g/mol. The van der Waals surface area contributed by atoms with Crippen molar-refractivity contribution in [1.82, 2.24) is 0 Å². The molecule has 0 N–H and O–H groups in total. The van der Waals surface area contributed by atoms with E-state index in [4.69, 9.17) is 0 Å². The van der Waals surface area contributed by atoms with Crippen molar-refractivity contribution in [3.8, 4) is 11.8 Å². The summed E-state index contributed by atoms with van der Waals surface area (Å²) in [5.74, 6) is 6.77. The minimum absolute atomic E-state index is 0.0666. The summed E-state index contributed by atoms with van der Waals surface area (Å²) in [6, 6.07) is 3.01. The smallest absolute Gasteiger partial charge is 0.0792 e. The average molecular weight is 328 g/mol. The highest BCUT2D eigenvalue weighted by molar-refractivity contribution is 7.13. The zero-order valence-electron chi connectivity index (χ0n) is 15.0. The Balaban J connectivity index is 1.88. The van der Waals surface area contributed by atoms with Crippen molar-refractivity contribution in [2.45, 2.75) is 78.7 Å². The molecule has 0 spiro atoms. The number of rotatable bonds is 3. The van der Waals surface area contributed by atoms with E-state index >= 15 is 0 Å². The van der Waals surface area contributed by atoms with Crippen LogP contribution in [0.4, 0.5) is 5.69 Å². The van der Waals surface area contributed by atoms with Gasteiger partial charge in [-0.05, 0) is 59.4 Å². The summed E-state index contributed by atoms with van der Waals surface area (Å²) >= 11 is 1.85. The van der Waals surface area contributed by atoms with Crippen LogP contribution in [0.15, 0.2) is 17.8 Å². The maximum absolute atomic E-state index is 3.39. The molecular weight excluding hydrogens is 298 g/mol. The van der Waals surface area contributed by atoms with E-state index in [2.05, 4.69) is 56.7 Å². The highest BCUT2D eigenvalue weighted by atomic mass is 32.1. The van der Waals surface area contributed by atoms with Gasteiger partial charge in [-0.1, -0.05) is 36.7 Å². The Morgan fingerprint density at radius 1 is 1.17 bits per heavy atom. The lowest BCUT2D eigenvalue weighted by Gasteiger charge is -2.33. The second kappa shape index (κ2) is 6.73. The number of hydrogen-bond acceptors (Lipinski definition) is 2. The Labute approximate surface area is 145 Å². The molecule has 2 fully saturated rings. The summed E-state index contributed by atoms with van der Waals surface area (Å²) < 4.78 is 0. The summed E-state index contributed by atoms with van der Waals surface area (Å²) in [7, 11) is 0. The molecule has 2 heteroatoms. The molecule has 1 aromatic heterocycles. The van der Waals surface area contributed by atoms with Crippen LogP contribution in [0, 0.1) is 24.2 Å². The molecule has 1 nitrogen and oxygen atoms in total. The number of anilines is 1. The van der Waals surface area contributed by atoms with Gasteiger partial charge in [-0.25, -0.2) is 0 Å². The quantitative estimate of drug-likeness (QED) is 0.591. The Morgan fingerprint density at radius 3 is 2.48 bits per heavy atom. The second-order valence-corrected chi connectivity index (χ2v) is 9.29. The first-order valence-electron chi connectivity index (χ1n) is 9.04. The van der Waals surface area contributed by atoms with Gasteiger partial charge in [0, 0.05) is 22.5 Å². The van der Waals surface area contributed by atoms with Crippen LogP contribution in [0.1, 0.15) is 75.5 Å². The van der Waals surface area contributed by atoms with Crippen LogP contribution in [-0.2, 0) is 0 Å². The van der Waals surface area contributed by atoms with Crippen LogP contribution in [0.2, 0.25) is 0 Å². The first-order chi connectivity index (χ1) is 10.9. The van der Waals surface area contributed by atoms with Crippen molar-refractivity contribution < 1.29 is 0 Å². The topological polar surface area (TPSA) is 3.24 Å². The van der Waals surface area contributed by atoms with E-state index in [9.17, 15) is 0 Å². The van der Waals surface area contributed by atoms with E-state index in [1.165, 1.54) is 60.4 Å². The number of aryl methyl sites for hydroxylation is 1. The van der Waals surface area contributed by atoms with Crippen molar-refractivity contribution in [3.63, 3.8) is 0 Å². The molecule has 0 atom stereocenters. The number of thiophene rings is 1. The molecule has 0 unspecified atom stereocenters. The molecule has 0 radical (unpaired) electrons. The van der Waals surface area contributed by atoms with E-state index in [-0.39, 0.29) is 5.41 Å². The predicted molar refractivity (Wildman–Crippen MR) is 102 cm³/mol. The van der Waals surface area contributed by atoms with Gasteiger partial charge in [0.05, 0.1) is 10.6 Å². The molecule has 0 amide bonds. The van der Waals surface area contributed by atoms with Gasteiger partial charge in [-0.2, -0.15) is 0 Å². The van der Waals surface area contributed by atoms with Gasteiger partial charge in [0.15, 0.2) is 0 Å². The molecule has 0 bridgehead atoms. The van der Waals surface area contributed by atoms with Crippen molar-refractivity contribution in [2.75, 3.05) is 4.90 Å². The first kappa shape index (κ1) is 16.7. The van der Waals surface area contributed by atoms with Gasteiger partial charge in [0.1, 0.15) is 0 Å². The maximum atomic E-state index is 3.39. The number of nitrogens with zero attached hydrogens (tertiary/aromatic N) is 1. The van der Waals surface area contributed by atoms with Crippen molar-refractivity contribution in [2.24, 2.45) is 5.41 Å². The van der Waals surface area contributed by atoms with Gasteiger partial charge in [0.2, 0.25) is 0 Å². The summed E-state index contributed by atoms with van der Waals surface area (Å²) in [5, 5.41) is 0. The minimum atomic E-state index is 0.0666. The molecule has 23 heavy (non-hydrogen) atoms. The van der Waals surface area contributed by atoms with Crippen LogP contribution in [0.3, 0.4) is 0 Å². The number of allylic oxidation sites excluding steroid dienone is 1. The van der Waals surface area contributed by atoms with Crippen molar-refractivity contribution in [1.29, 1.82) is 0 Å². The average Bonchev–Trinajstić information content (AvgIpc) is 3.25. The maximum Gasteiger partial charge on any atom is 0.0792 e.